The second kappa shape index (κ2) is 8.18. The van der Waals surface area contributed by atoms with Gasteiger partial charge in [0.05, 0.1) is 6.54 Å². The van der Waals surface area contributed by atoms with Gasteiger partial charge in [0.1, 0.15) is 11.6 Å². The van der Waals surface area contributed by atoms with Crippen LogP contribution in [0.25, 0.3) is 11.1 Å². The highest BCUT2D eigenvalue weighted by Gasteiger charge is 2.21. The molecular weight excluding hydrogens is 362 g/mol. The lowest BCUT2D eigenvalue weighted by molar-refractivity contribution is -0.129. The summed E-state index contributed by atoms with van der Waals surface area (Å²) in [6, 6.07) is 17.7. The van der Waals surface area contributed by atoms with E-state index in [2.05, 4.69) is 9.97 Å². The molecule has 6 nitrogen and oxygen atoms in total. The van der Waals surface area contributed by atoms with Crippen LogP contribution in [0.2, 0.25) is 0 Å². The first-order chi connectivity index (χ1) is 12.9. The van der Waals surface area contributed by atoms with Gasteiger partial charge < -0.3 is 9.88 Å². The Bertz CT molecular complexity index is 1000. The molecule has 0 saturated carbocycles. The molecule has 140 valence electrons. The van der Waals surface area contributed by atoms with Crippen LogP contribution in [0.5, 0.6) is 0 Å². The van der Waals surface area contributed by atoms with Crippen molar-refractivity contribution < 1.29 is 13.2 Å². The average Bonchev–Trinajstić information content (AvgIpc) is 3.14. The van der Waals surface area contributed by atoms with Crippen LogP contribution in [0.4, 0.5) is 0 Å². The summed E-state index contributed by atoms with van der Waals surface area (Å²) in [4.78, 5) is 21.3. The number of nitrogens with one attached hydrogen (secondary N) is 1. The number of imidazole rings is 1. The Kier molecular flexibility index (Phi) is 5.71. The quantitative estimate of drug-likeness (QED) is 0.680. The van der Waals surface area contributed by atoms with Gasteiger partial charge in [0.2, 0.25) is 5.91 Å². The van der Waals surface area contributed by atoms with Crippen LogP contribution >= 0.6 is 0 Å². The van der Waals surface area contributed by atoms with Crippen LogP contribution in [-0.2, 0) is 27.7 Å². The minimum Gasteiger partial charge on any atom is -0.347 e. The summed E-state index contributed by atoms with van der Waals surface area (Å²) < 4.78 is 23.2. The second-order valence-corrected chi connectivity index (χ2v) is 8.52. The summed E-state index contributed by atoms with van der Waals surface area (Å²) in [5.41, 5.74) is 2.99. The highest BCUT2D eigenvalue weighted by Crippen LogP contribution is 2.25. The normalized spacial score (nSPS) is 11.3. The lowest BCUT2D eigenvalue weighted by Crippen LogP contribution is -2.35. The van der Waals surface area contributed by atoms with Crippen molar-refractivity contribution in [1.29, 1.82) is 0 Å². The number of H-pyrrole nitrogens is 1. The average molecular weight is 383 g/mol. The molecule has 2 aromatic carbocycles. The molecule has 1 heterocycles. The van der Waals surface area contributed by atoms with Gasteiger partial charge in [-0.15, -0.1) is 0 Å². The first-order valence-electron chi connectivity index (χ1n) is 8.49. The Morgan fingerprint density at radius 1 is 1.04 bits per heavy atom. The molecule has 3 aromatic rings. The summed E-state index contributed by atoms with van der Waals surface area (Å²) in [7, 11) is -3.42. The van der Waals surface area contributed by atoms with Crippen molar-refractivity contribution in [3.63, 3.8) is 0 Å². The van der Waals surface area contributed by atoms with Crippen molar-refractivity contribution in [3.05, 3.63) is 78.4 Å². The van der Waals surface area contributed by atoms with Gasteiger partial charge in [0, 0.05) is 25.2 Å². The highest BCUT2D eigenvalue weighted by molar-refractivity contribution is 7.91. The number of sulfone groups is 1. The SMILES string of the molecule is CS(=O)(=O)CC(=O)N(Cc1ncc[nH]1)Cc1ccccc1-c1ccccc1. The zero-order chi connectivity index (χ0) is 19.3. The molecule has 3 rings (SSSR count). The maximum atomic E-state index is 12.6. The minimum absolute atomic E-state index is 0.213. The maximum absolute atomic E-state index is 12.6. The third-order valence-electron chi connectivity index (χ3n) is 4.10. The molecule has 27 heavy (non-hydrogen) atoms. The van der Waals surface area contributed by atoms with Gasteiger partial charge in [-0.1, -0.05) is 54.6 Å². The van der Waals surface area contributed by atoms with Gasteiger partial charge in [-0.3, -0.25) is 4.79 Å². The van der Waals surface area contributed by atoms with E-state index in [1.54, 1.807) is 12.4 Å². The largest absolute Gasteiger partial charge is 0.347 e. The molecule has 0 aliphatic heterocycles. The molecule has 0 saturated heterocycles. The highest BCUT2D eigenvalue weighted by atomic mass is 32.2. The Labute approximate surface area is 158 Å². The van der Waals surface area contributed by atoms with Crippen LogP contribution in [0.15, 0.2) is 67.0 Å². The number of carbonyl (C=O) groups excluding carboxylic acids is 1. The molecule has 0 atom stereocenters. The zero-order valence-corrected chi connectivity index (χ0v) is 15.8. The lowest BCUT2D eigenvalue weighted by atomic mass is 9.99. The number of hydrogen-bond acceptors (Lipinski definition) is 4. The Morgan fingerprint density at radius 3 is 2.41 bits per heavy atom. The molecule has 1 amide bonds. The lowest BCUT2D eigenvalue weighted by Gasteiger charge is -2.23. The van der Waals surface area contributed by atoms with Crippen LogP contribution in [0.3, 0.4) is 0 Å². The summed E-state index contributed by atoms with van der Waals surface area (Å²) in [5.74, 6) is -0.368. The summed E-state index contributed by atoms with van der Waals surface area (Å²) in [5, 5.41) is 0. The monoisotopic (exact) mass is 383 g/mol. The van der Waals surface area contributed by atoms with Crippen LogP contribution < -0.4 is 0 Å². The fourth-order valence-corrected chi connectivity index (χ4v) is 3.51. The Balaban J connectivity index is 1.91. The predicted molar refractivity (Wildman–Crippen MR) is 104 cm³/mol. The van der Waals surface area contributed by atoms with Gasteiger partial charge in [-0.25, -0.2) is 13.4 Å². The summed E-state index contributed by atoms with van der Waals surface area (Å²) in [6.07, 6.45) is 4.34. The minimum atomic E-state index is -3.42. The fourth-order valence-electron chi connectivity index (χ4n) is 2.88. The maximum Gasteiger partial charge on any atom is 0.238 e. The first-order valence-corrected chi connectivity index (χ1v) is 10.6. The number of carbonyl (C=O) groups is 1. The van der Waals surface area contributed by atoms with Crippen molar-refractivity contribution in [1.82, 2.24) is 14.9 Å². The predicted octanol–water partition coefficient (Wildman–Crippen LogP) is 2.65. The van der Waals surface area contributed by atoms with E-state index < -0.39 is 21.5 Å². The van der Waals surface area contributed by atoms with E-state index in [1.807, 2.05) is 54.6 Å². The van der Waals surface area contributed by atoms with Crippen molar-refractivity contribution in [2.75, 3.05) is 12.0 Å². The fraction of sp³-hybridized carbons (Fsp3) is 0.200. The number of benzene rings is 2. The number of aromatic amines is 1. The van der Waals surface area contributed by atoms with Gasteiger partial charge in [-0.05, 0) is 16.7 Å². The zero-order valence-electron chi connectivity index (χ0n) is 15.0. The van der Waals surface area contributed by atoms with E-state index in [1.165, 1.54) is 4.90 Å². The van der Waals surface area contributed by atoms with Crippen molar-refractivity contribution in [3.8, 4) is 11.1 Å². The topological polar surface area (TPSA) is 83.1 Å². The molecule has 0 fully saturated rings. The molecular formula is C20H21N3O3S. The van der Waals surface area contributed by atoms with Gasteiger partial charge in [0.15, 0.2) is 9.84 Å². The van der Waals surface area contributed by atoms with Crippen molar-refractivity contribution >= 4 is 15.7 Å². The van der Waals surface area contributed by atoms with Gasteiger partial charge in [0.25, 0.3) is 0 Å². The molecule has 0 unspecified atom stereocenters. The Hall–Kier alpha value is -2.93. The standard InChI is InChI=1S/C20H21N3O3S/c1-27(25,26)15-20(24)23(14-19-21-11-12-22-19)13-17-9-5-6-10-18(17)16-7-3-2-4-8-16/h2-12H,13-15H2,1H3,(H,21,22). The third kappa shape index (κ3) is 5.27. The molecule has 7 heteroatoms. The number of rotatable bonds is 7. The number of hydrogen-bond donors (Lipinski definition) is 1. The van der Waals surface area contributed by atoms with Crippen LogP contribution in [0.1, 0.15) is 11.4 Å². The summed E-state index contributed by atoms with van der Waals surface area (Å²) >= 11 is 0. The molecule has 0 bridgehead atoms. The van der Waals surface area contributed by atoms with E-state index in [9.17, 15) is 13.2 Å². The van der Waals surface area contributed by atoms with E-state index >= 15 is 0 Å². The molecule has 1 N–H and O–H groups in total. The Morgan fingerprint density at radius 2 is 1.74 bits per heavy atom. The van der Waals surface area contributed by atoms with Crippen molar-refractivity contribution in [2.24, 2.45) is 0 Å². The number of aromatic nitrogens is 2. The van der Waals surface area contributed by atoms with E-state index in [-0.39, 0.29) is 6.54 Å². The van der Waals surface area contributed by atoms with E-state index in [0.717, 1.165) is 22.9 Å². The van der Waals surface area contributed by atoms with Crippen LogP contribution in [-0.4, -0.2) is 41.2 Å². The molecule has 0 aliphatic rings. The second-order valence-electron chi connectivity index (χ2n) is 6.38. The first kappa shape index (κ1) is 18.8. The summed E-state index contributed by atoms with van der Waals surface area (Å²) in [6.45, 7) is 0.505. The third-order valence-corrected chi connectivity index (χ3v) is 4.87. The van der Waals surface area contributed by atoms with Gasteiger partial charge in [-0.2, -0.15) is 0 Å². The van der Waals surface area contributed by atoms with Gasteiger partial charge >= 0.3 is 0 Å². The molecule has 0 radical (unpaired) electrons. The number of nitrogens with zero attached hydrogens (tertiary/aromatic N) is 2. The van der Waals surface area contributed by atoms with E-state index in [4.69, 9.17) is 0 Å². The molecule has 0 spiro atoms. The smallest absolute Gasteiger partial charge is 0.238 e. The molecule has 0 aliphatic carbocycles. The molecule has 1 aromatic heterocycles. The van der Waals surface area contributed by atoms with E-state index in [0.29, 0.717) is 12.4 Å². The van der Waals surface area contributed by atoms with Crippen molar-refractivity contribution in [2.45, 2.75) is 13.1 Å². The number of amides is 1. The van der Waals surface area contributed by atoms with Crippen LogP contribution in [0, 0.1) is 0 Å².